The van der Waals surface area contributed by atoms with Gasteiger partial charge in [0, 0.05) is 17.2 Å². The second-order valence-corrected chi connectivity index (χ2v) is 10.4. The Kier molecular flexibility index (Phi) is 5.40. The highest BCUT2D eigenvalue weighted by molar-refractivity contribution is 5.83. The molecule has 0 atom stereocenters. The first-order valence-electron chi connectivity index (χ1n) is 11.9. The summed E-state index contributed by atoms with van der Waals surface area (Å²) in [5.74, 6) is 0.840. The quantitative estimate of drug-likeness (QED) is 0.277. The van der Waals surface area contributed by atoms with Crippen LogP contribution in [0.3, 0.4) is 0 Å². The van der Waals surface area contributed by atoms with E-state index in [0.717, 1.165) is 33.7 Å². The van der Waals surface area contributed by atoms with E-state index in [1.54, 1.807) is 0 Å². The lowest BCUT2D eigenvalue weighted by atomic mass is 9.85. The van der Waals surface area contributed by atoms with Crippen molar-refractivity contribution in [3.63, 3.8) is 0 Å². The minimum atomic E-state index is 0.0939. The minimum absolute atomic E-state index is 0.0939. The van der Waals surface area contributed by atoms with Gasteiger partial charge in [-0.15, -0.1) is 0 Å². The maximum atomic E-state index is 6.18. The largest absolute Gasteiger partial charge is 0.454 e. The second-order valence-electron chi connectivity index (χ2n) is 10.4. The van der Waals surface area contributed by atoms with E-state index in [4.69, 9.17) is 9.40 Å². The fourth-order valence-corrected chi connectivity index (χ4v) is 4.66. The summed E-state index contributed by atoms with van der Waals surface area (Å²) in [6, 6.07) is 27.9. The van der Waals surface area contributed by atoms with Crippen molar-refractivity contribution < 1.29 is 4.42 Å². The summed E-state index contributed by atoms with van der Waals surface area (Å²) < 4.78 is 6.18. The lowest BCUT2D eigenvalue weighted by Crippen LogP contribution is -2.11. The van der Waals surface area contributed by atoms with Crippen molar-refractivity contribution in [2.24, 2.45) is 0 Å². The molecule has 3 aromatic carbocycles. The van der Waals surface area contributed by atoms with Crippen molar-refractivity contribution in [2.75, 3.05) is 0 Å². The number of furan rings is 1. The Morgan fingerprint density at radius 1 is 0.676 bits per heavy atom. The van der Waals surface area contributed by atoms with Crippen LogP contribution in [0.1, 0.15) is 43.0 Å². The molecule has 0 saturated heterocycles. The zero-order chi connectivity index (χ0) is 24.0. The van der Waals surface area contributed by atoms with Gasteiger partial charge in [-0.3, -0.25) is 0 Å². The summed E-state index contributed by atoms with van der Waals surface area (Å²) in [5.41, 5.74) is 12.6. The van der Waals surface area contributed by atoms with Gasteiger partial charge in [0.05, 0.1) is 5.69 Å². The first-order valence-corrected chi connectivity index (χ1v) is 11.9. The molecule has 2 nitrogen and oxygen atoms in total. The van der Waals surface area contributed by atoms with Crippen molar-refractivity contribution in [3.8, 4) is 33.7 Å². The monoisotopic (exact) mass is 445 g/mol. The van der Waals surface area contributed by atoms with Crippen LogP contribution in [0.2, 0.25) is 0 Å². The number of hydrogen-bond donors (Lipinski definition) is 0. The smallest absolute Gasteiger partial charge is 0.153 e. The Bertz CT molecular complexity index is 1480. The summed E-state index contributed by atoms with van der Waals surface area (Å²) >= 11 is 0. The Hall–Kier alpha value is -3.65. The van der Waals surface area contributed by atoms with Crippen molar-refractivity contribution in [1.82, 2.24) is 4.98 Å². The molecule has 2 heterocycles. The van der Waals surface area contributed by atoms with Crippen molar-refractivity contribution in [3.05, 3.63) is 101 Å². The first-order chi connectivity index (χ1) is 16.2. The predicted octanol–water partition coefficient (Wildman–Crippen LogP) is 9.05. The van der Waals surface area contributed by atoms with Gasteiger partial charge in [-0.25, -0.2) is 4.98 Å². The fraction of sp³-hybridized carbons (Fsp3) is 0.219. The van der Waals surface area contributed by atoms with E-state index in [2.05, 4.69) is 108 Å². The average Bonchev–Trinajstić information content (AvgIpc) is 3.22. The second kappa shape index (κ2) is 8.29. The number of hydrogen-bond acceptors (Lipinski definition) is 2. The first kappa shape index (κ1) is 22.2. The van der Waals surface area contributed by atoms with Crippen LogP contribution in [0.4, 0.5) is 0 Å². The highest BCUT2D eigenvalue weighted by Gasteiger charge is 2.16. The van der Waals surface area contributed by atoms with Crippen LogP contribution >= 0.6 is 0 Å². The molecule has 0 aliphatic heterocycles. The minimum Gasteiger partial charge on any atom is -0.454 e. The van der Waals surface area contributed by atoms with Crippen LogP contribution in [-0.4, -0.2) is 4.98 Å². The van der Waals surface area contributed by atoms with Gasteiger partial charge < -0.3 is 4.42 Å². The number of pyridine rings is 1. The zero-order valence-electron chi connectivity index (χ0n) is 20.9. The Labute approximate surface area is 202 Å². The molecule has 0 unspecified atom stereocenters. The molecule has 0 spiro atoms. The Morgan fingerprint density at radius 2 is 1.35 bits per heavy atom. The molecule has 5 aromatic rings. The molecular formula is C32H31NO. The number of aromatic nitrogens is 1. The SMILES string of the molecule is Cc1cc(-c2ccc3oc(-c4ccc(-c5c(C)cccc5C)cc4)cc3n2)cc(C(C)(C)C)c1. The summed E-state index contributed by atoms with van der Waals surface area (Å²) in [5, 5.41) is 0. The number of aryl methyl sites for hydroxylation is 3. The molecule has 0 radical (unpaired) electrons. The fourth-order valence-electron chi connectivity index (χ4n) is 4.66. The van der Waals surface area contributed by atoms with Crippen molar-refractivity contribution >= 4 is 11.1 Å². The Balaban J connectivity index is 1.50. The summed E-state index contributed by atoms with van der Waals surface area (Å²) in [6.45, 7) is 13.2. The molecule has 170 valence electrons. The van der Waals surface area contributed by atoms with Crippen LogP contribution in [0, 0.1) is 20.8 Å². The number of benzene rings is 3. The molecule has 0 fully saturated rings. The molecule has 0 aliphatic rings. The van der Waals surface area contributed by atoms with Gasteiger partial charge in [0.2, 0.25) is 0 Å². The van der Waals surface area contributed by atoms with E-state index in [1.807, 2.05) is 12.1 Å². The van der Waals surface area contributed by atoms with Crippen LogP contribution in [0.5, 0.6) is 0 Å². The molecule has 0 amide bonds. The highest BCUT2D eigenvalue weighted by atomic mass is 16.3. The van der Waals surface area contributed by atoms with Crippen LogP contribution in [0.15, 0.2) is 83.3 Å². The molecule has 2 aromatic heterocycles. The molecule has 34 heavy (non-hydrogen) atoms. The molecule has 0 saturated carbocycles. The number of nitrogens with zero attached hydrogens (tertiary/aromatic N) is 1. The van der Waals surface area contributed by atoms with Crippen LogP contribution in [-0.2, 0) is 5.41 Å². The molecular weight excluding hydrogens is 414 g/mol. The molecule has 2 heteroatoms. The zero-order valence-corrected chi connectivity index (χ0v) is 20.9. The maximum Gasteiger partial charge on any atom is 0.153 e. The molecule has 0 aliphatic carbocycles. The third-order valence-electron chi connectivity index (χ3n) is 6.55. The normalized spacial score (nSPS) is 11.8. The van der Waals surface area contributed by atoms with Gasteiger partial charge in [0.15, 0.2) is 5.58 Å². The maximum absolute atomic E-state index is 6.18. The summed E-state index contributed by atoms with van der Waals surface area (Å²) in [6.07, 6.45) is 0. The van der Waals surface area contributed by atoms with E-state index in [1.165, 1.54) is 33.4 Å². The van der Waals surface area contributed by atoms with E-state index in [0.29, 0.717) is 0 Å². The van der Waals surface area contributed by atoms with Crippen LogP contribution in [0.25, 0.3) is 44.8 Å². The summed E-state index contributed by atoms with van der Waals surface area (Å²) in [4.78, 5) is 4.95. The third kappa shape index (κ3) is 4.17. The van der Waals surface area contributed by atoms with Crippen LogP contribution < -0.4 is 0 Å². The Morgan fingerprint density at radius 3 is 2.03 bits per heavy atom. The van der Waals surface area contributed by atoms with Gasteiger partial charge in [-0.05, 0) is 78.3 Å². The average molecular weight is 446 g/mol. The van der Waals surface area contributed by atoms with E-state index in [9.17, 15) is 0 Å². The number of rotatable bonds is 3. The van der Waals surface area contributed by atoms with Gasteiger partial charge >= 0.3 is 0 Å². The van der Waals surface area contributed by atoms with Crippen molar-refractivity contribution in [2.45, 2.75) is 47.0 Å². The lowest BCUT2D eigenvalue weighted by Gasteiger charge is -2.20. The molecule has 0 N–H and O–H groups in total. The number of fused-ring (bicyclic) bond motifs is 1. The standard InChI is InChI=1S/C32H31NO/c1-20-16-25(18-26(17-20)32(4,5)6)27-14-15-29-28(33-27)19-30(34-29)23-10-12-24(13-11-23)31-21(2)8-7-9-22(31)3/h7-19H,1-6H3. The third-order valence-corrected chi connectivity index (χ3v) is 6.55. The predicted molar refractivity (Wildman–Crippen MR) is 143 cm³/mol. The summed E-state index contributed by atoms with van der Waals surface area (Å²) in [7, 11) is 0. The topological polar surface area (TPSA) is 26.0 Å². The van der Waals surface area contributed by atoms with Gasteiger partial charge in [-0.1, -0.05) is 74.9 Å². The van der Waals surface area contributed by atoms with Gasteiger partial charge in [0.1, 0.15) is 11.3 Å². The van der Waals surface area contributed by atoms with E-state index >= 15 is 0 Å². The molecule has 0 bridgehead atoms. The lowest BCUT2D eigenvalue weighted by molar-refractivity contribution is 0.590. The molecule has 5 rings (SSSR count). The van der Waals surface area contributed by atoms with E-state index in [-0.39, 0.29) is 5.41 Å². The van der Waals surface area contributed by atoms with Gasteiger partial charge in [-0.2, -0.15) is 0 Å². The highest BCUT2D eigenvalue weighted by Crippen LogP contribution is 2.33. The van der Waals surface area contributed by atoms with Crippen molar-refractivity contribution in [1.29, 1.82) is 0 Å². The van der Waals surface area contributed by atoms with E-state index < -0.39 is 0 Å². The van der Waals surface area contributed by atoms with Gasteiger partial charge in [0.25, 0.3) is 0 Å².